The van der Waals surface area contributed by atoms with Gasteiger partial charge in [-0.3, -0.25) is 4.79 Å². The van der Waals surface area contributed by atoms with E-state index in [1.165, 1.54) is 7.11 Å². The SMILES string of the molecule is COC1=CC(S)CC1=O. The molecular weight excluding hydrogens is 136 g/mol. The van der Waals surface area contributed by atoms with Crippen LogP contribution in [0.3, 0.4) is 0 Å². The maximum atomic E-state index is 10.8. The lowest BCUT2D eigenvalue weighted by Gasteiger charge is -1.93. The summed E-state index contributed by atoms with van der Waals surface area (Å²) in [7, 11) is 1.50. The zero-order chi connectivity index (χ0) is 6.85. The average Bonchev–Trinajstić information content (AvgIpc) is 2.10. The van der Waals surface area contributed by atoms with Gasteiger partial charge < -0.3 is 4.74 Å². The van der Waals surface area contributed by atoms with Crippen LogP contribution in [-0.4, -0.2) is 18.1 Å². The highest BCUT2D eigenvalue weighted by molar-refractivity contribution is 7.81. The molecule has 2 nitrogen and oxygen atoms in total. The number of hydrogen-bond acceptors (Lipinski definition) is 3. The molecule has 0 saturated heterocycles. The second-order valence-electron chi connectivity index (χ2n) is 1.93. The molecule has 0 aromatic carbocycles. The predicted molar refractivity (Wildman–Crippen MR) is 37.5 cm³/mol. The highest BCUT2D eigenvalue weighted by Crippen LogP contribution is 2.18. The molecule has 0 aromatic rings. The number of rotatable bonds is 1. The number of Topliss-reactive ketones (excluding diaryl/α,β-unsaturated/α-hetero) is 1. The van der Waals surface area contributed by atoms with Gasteiger partial charge in [-0.15, -0.1) is 0 Å². The first-order chi connectivity index (χ1) is 4.24. The van der Waals surface area contributed by atoms with Crippen molar-refractivity contribution >= 4 is 18.4 Å². The van der Waals surface area contributed by atoms with Crippen molar-refractivity contribution < 1.29 is 9.53 Å². The minimum absolute atomic E-state index is 0.0532. The number of carbonyl (C=O) groups is 1. The molecule has 0 aromatic heterocycles. The smallest absolute Gasteiger partial charge is 0.198 e. The number of hydrogen-bond donors (Lipinski definition) is 1. The molecule has 1 aliphatic rings. The Hall–Kier alpha value is -0.440. The molecule has 3 heteroatoms. The molecule has 0 spiro atoms. The number of thiol groups is 1. The van der Waals surface area contributed by atoms with E-state index in [2.05, 4.69) is 12.6 Å². The van der Waals surface area contributed by atoms with E-state index < -0.39 is 0 Å². The monoisotopic (exact) mass is 144 g/mol. The molecule has 0 radical (unpaired) electrons. The predicted octanol–water partition coefficient (Wildman–Crippen LogP) is 0.788. The fourth-order valence-corrected chi connectivity index (χ4v) is 1.10. The topological polar surface area (TPSA) is 26.3 Å². The molecule has 1 aliphatic carbocycles. The van der Waals surface area contributed by atoms with Crippen molar-refractivity contribution in [2.24, 2.45) is 0 Å². The highest BCUT2D eigenvalue weighted by Gasteiger charge is 2.21. The van der Waals surface area contributed by atoms with Crippen LogP contribution < -0.4 is 0 Å². The van der Waals surface area contributed by atoms with E-state index in [0.29, 0.717) is 12.2 Å². The summed E-state index contributed by atoms with van der Waals surface area (Å²) in [4.78, 5) is 10.8. The summed E-state index contributed by atoms with van der Waals surface area (Å²) in [6.07, 6.45) is 2.21. The first kappa shape index (κ1) is 6.68. The number of carbonyl (C=O) groups excluding carboxylic acids is 1. The van der Waals surface area contributed by atoms with Gasteiger partial charge in [-0.25, -0.2) is 0 Å². The van der Waals surface area contributed by atoms with Crippen molar-refractivity contribution in [3.8, 4) is 0 Å². The van der Waals surface area contributed by atoms with Crippen LogP contribution in [-0.2, 0) is 9.53 Å². The number of ketones is 1. The van der Waals surface area contributed by atoms with Crippen LogP contribution in [0.25, 0.3) is 0 Å². The first-order valence-electron chi connectivity index (χ1n) is 2.71. The molecule has 0 bridgehead atoms. The molecule has 0 aliphatic heterocycles. The van der Waals surface area contributed by atoms with Crippen LogP contribution in [0, 0.1) is 0 Å². The molecule has 0 saturated carbocycles. The van der Waals surface area contributed by atoms with Crippen LogP contribution in [0.4, 0.5) is 0 Å². The summed E-state index contributed by atoms with van der Waals surface area (Å²) in [5.41, 5.74) is 0. The molecule has 50 valence electrons. The van der Waals surface area contributed by atoms with E-state index in [1.807, 2.05) is 0 Å². The Morgan fingerprint density at radius 2 is 2.56 bits per heavy atom. The minimum Gasteiger partial charge on any atom is -0.493 e. The second-order valence-corrected chi connectivity index (χ2v) is 2.59. The summed E-state index contributed by atoms with van der Waals surface area (Å²) < 4.78 is 4.76. The van der Waals surface area contributed by atoms with Gasteiger partial charge in [0.2, 0.25) is 0 Å². The molecule has 9 heavy (non-hydrogen) atoms. The molecule has 0 fully saturated rings. The third-order valence-corrected chi connectivity index (χ3v) is 1.56. The zero-order valence-corrected chi connectivity index (χ0v) is 6.02. The Labute approximate surface area is 59.3 Å². The van der Waals surface area contributed by atoms with E-state index in [4.69, 9.17) is 4.74 Å². The molecule has 0 amide bonds. The van der Waals surface area contributed by atoms with Gasteiger partial charge in [0.25, 0.3) is 0 Å². The molecule has 1 rings (SSSR count). The first-order valence-corrected chi connectivity index (χ1v) is 3.22. The van der Waals surface area contributed by atoms with Gasteiger partial charge in [0.15, 0.2) is 11.5 Å². The fourth-order valence-electron chi connectivity index (χ4n) is 0.799. The van der Waals surface area contributed by atoms with E-state index in [1.54, 1.807) is 6.08 Å². The van der Waals surface area contributed by atoms with Crippen molar-refractivity contribution in [2.75, 3.05) is 7.11 Å². The quantitative estimate of drug-likeness (QED) is 0.551. The van der Waals surface area contributed by atoms with Crippen molar-refractivity contribution in [1.29, 1.82) is 0 Å². The Bertz CT molecular complexity index is 162. The number of allylic oxidation sites excluding steroid dienone is 1. The van der Waals surface area contributed by atoms with E-state index >= 15 is 0 Å². The lowest BCUT2D eigenvalue weighted by molar-refractivity contribution is -0.117. The second kappa shape index (κ2) is 2.43. The summed E-state index contributed by atoms with van der Waals surface area (Å²) in [5.74, 6) is 0.507. The third kappa shape index (κ3) is 1.27. The van der Waals surface area contributed by atoms with E-state index in [9.17, 15) is 4.79 Å². The Balaban J connectivity index is 2.68. The molecule has 1 atom stereocenters. The average molecular weight is 144 g/mol. The van der Waals surface area contributed by atoms with E-state index in [-0.39, 0.29) is 11.0 Å². The standard InChI is InChI=1S/C6H8O2S/c1-8-6-3-4(9)2-5(6)7/h3-4,9H,2H2,1H3. The minimum atomic E-state index is 0.0532. The van der Waals surface area contributed by atoms with Gasteiger partial charge in [0.1, 0.15) is 0 Å². The summed E-state index contributed by atoms with van der Waals surface area (Å²) in [5, 5.41) is 0.0625. The van der Waals surface area contributed by atoms with Crippen molar-refractivity contribution in [2.45, 2.75) is 11.7 Å². The largest absolute Gasteiger partial charge is 0.493 e. The summed E-state index contributed by atoms with van der Waals surface area (Å²) in [6, 6.07) is 0. The third-order valence-electron chi connectivity index (χ3n) is 1.23. The van der Waals surface area contributed by atoms with Gasteiger partial charge in [-0.1, -0.05) is 0 Å². The van der Waals surface area contributed by atoms with Crippen LogP contribution >= 0.6 is 12.6 Å². The van der Waals surface area contributed by atoms with Crippen molar-refractivity contribution in [3.63, 3.8) is 0 Å². The van der Waals surface area contributed by atoms with Crippen LogP contribution in [0.2, 0.25) is 0 Å². The highest BCUT2D eigenvalue weighted by atomic mass is 32.1. The molecule has 0 heterocycles. The molecular formula is C6H8O2S. The fraction of sp³-hybridized carbons (Fsp3) is 0.500. The maximum absolute atomic E-state index is 10.8. The van der Waals surface area contributed by atoms with Crippen LogP contribution in [0.5, 0.6) is 0 Å². The maximum Gasteiger partial charge on any atom is 0.198 e. The lowest BCUT2D eigenvalue weighted by Crippen LogP contribution is -1.98. The van der Waals surface area contributed by atoms with Gasteiger partial charge in [0, 0.05) is 11.7 Å². The van der Waals surface area contributed by atoms with Gasteiger partial charge >= 0.3 is 0 Å². The van der Waals surface area contributed by atoms with Gasteiger partial charge in [-0.05, 0) is 6.08 Å². The van der Waals surface area contributed by atoms with Gasteiger partial charge in [0.05, 0.1) is 7.11 Å². The van der Waals surface area contributed by atoms with E-state index in [0.717, 1.165) is 0 Å². The summed E-state index contributed by atoms with van der Waals surface area (Å²) >= 11 is 4.09. The Morgan fingerprint density at radius 1 is 1.89 bits per heavy atom. The molecule has 0 N–H and O–H groups in total. The van der Waals surface area contributed by atoms with Crippen LogP contribution in [0.1, 0.15) is 6.42 Å². The number of methoxy groups -OCH3 is 1. The number of ether oxygens (including phenoxy) is 1. The van der Waals surface area contributed by atoms with Crippen molar-refractivity contribution in [3.05, 3.63) is 11.8 Å². The lowest BCUT2D eigenvalue weighted by atomic mass is 10.3. The van der Waals surface area contributed by atoms with Crippen molar-refractivity contribution in [1.82, 2.24) is 0 Å². The zero-order valence-electron chi connectivity index (χ0n) is 5.13. The molecule has 1 unspecified atom stereocenters. The Kier molecular flexibility index (Phi) is 1.81. The van der Waals surface area contributed by atoms with Gasteiger partial charge in [-0.2, -0.15) is 12.6 Å². The summed E-state index contributed by atoms with van der Waals surface area (Å²) in [6.45, 7) is 0. The Morgan fingerprint density at radius 3 is 2.78 bits per heavy atom. The van der Waals surface area contributed by atoms with Crippen LogP contribution in [0.15, 0.2) is 11.8 Å². The normalized spacial score (nSPS) is 26.2.